The number of aliphatic hydroxyl groups is 2. The van der Waals surface area contributed by atoms with Crippen LogP contribution in [0.3, 0.4) is 0 Å². The van der Waals surface area contributed by atoms with Gasteiger partial charge in [-0.1, -0.05) is 6.07 Å². The zero-order valence-corrected chi connectivity index (χ0v) is 24.5. The lowest BCUT2D eigenvalue weighted by Crippen LogP contribution is -2.55. The van der Waals surface area contributed by atoms with E-state index in [4.69, 9.17) is 10.6 Å². The molecule has 0 bridgehead atoms. The van der Waals surface area contributed by atoms with E-state index in [0.717, 1.165) is 0 Å². The number of hydrogen-bond donors (Lipinski definition) is 5. The van der Waals surface area contributed by atoms with Gasteiger partial charge < -0.3 is 31.4 Å². The minimum atomic E-state index is -1.33. The maximum atomic E-state index is 13.9. The van der Waals surface area contributed by atoms with Crippen molar-refractivity contribution in [1.29, 1.82) is 0 Å². The van der Waals surface area contributed by atoms with Crippen LogP contribution in [0, 0.1) is 17.8 Å². The monoisotopic (exact) mass is 614 g/mol. The van der Waals surface area contributed by atoms with Gasteiger partial charge in [-0.2, -0.15) is 5.06 Å². The molecule has 8 N–H and O–H groups in total. The number of Topliss-reactive ketones (excluding diaryl/α,β-unsaturated/α-hetero) is 2. The number of fused-ring (bicyclic) bond motifs is 3. The molecule has 1 aromatic carbocycles. The van der Waals surface area contributed by atoms with Gasteiger partial charge in [-0.05, 0) is 56.0 Å². The normalized spacial score (nSPS) is 22.8. The first-order chi connectivity index (χ1) is 20.3. The van der Waals surface area contributed by atoms with Crippen LogP contribution in [0.1, 0.15) is 20.4 Å². The summed E-state index contributed by atoms with van der Waals surface area (Å²) in [5, 5.41) is 37.0. The van der Waals surface area contributed by atoms with Crippen molar-refractivity contribution in [2.45, 2.75) is 18.9 Å². The SMILES string of the molecule is CON(C)CC(=O)Nc1ncc(-c2ccc(O)c3c2CC2CC4C(C(=O)C(C(N)=O)=C(O)[C@@H]4N(C)C)C(=O)C2=C3O)cn1.O.[HH].[HH]. The van der Waals surface area contributed by atoms with Crippen molar-refractivity contribution in [2.75, 3.05) is 40.1 Å². The van der Waals surface area contributed by atoms with E-state index >= 15 is 0 Å². The number of carbonyl (C=O) groups excluding carboxylic acids is 4. The first kappa shape index (κ1) is 32.2. The highest BCUT2D eigenvalue weighted by molar-refractivity contribution is 6.28. The number of likely N-dealkylation sites (N-methyl/N-ethyl adjacent to an activating group) is 2. The molecular weight excluding hydrogens is 576 g/mol. The van der Waals surface area contributed by atoms with Crippen molar-refractivity contribution in [2.24, 2.45) is 23.5 Å². The third-order valence-electron chi connectivity index (χ3n) is 8.34. The van der Waals surface area contributed by atoms with Gasteiger partial charge in [0.15, 0.2) is 11.6 Å². The molecule has 0 spiro atoms. The number of aromatic nitrogens is 2. The zero-order chi connectivity index (χ0) is 31.3. The van der Waals surface area contributed by atoms with E-state index < -0.39 is 58.4 Å². The molecule has 2 aromatic rings. The number of nitrogens with zero attached hydrogens (tertiary/aromatic N) is 4. The van der Waals surface area contributed by atoms with Crippen LogP contribution in [0.2, 0.25) is 0 Å². The molecule has 15 nitrogen and oxygen atoms in total. The Morgan fingerprint density at radius 1 is 1.11 bits per heavy atom. The molecule has 0 radical (unpaired) electrons. The maximum Gasteiger partial charge on any atom is 0.255 e. The molecule has 3 aliphatic rings. The molecular formula is C29H38N6O9. The van der Waals surface area contributed by atoms with Crippen molar-refractivity contribution in [3.8, 4) is 16.9 Å². The quantitative estimate of drug-likeness (QED) is 0.162. The van der Waals surface area contributed by atoms with Gasteiger partial charge in [0.1, 0.15) is 29.4 Å². The van der Waals surface area contributed by atoms with Crippen molar-refractivity contribution >= 4 is 35.1 Å². The largest absolute Gasteiger partial charge is 0.510 e. The van der Waals surface area contributed by atoms with Crippen LogP contribution in [-0.4, -0.2) is 105 Å². The first-order valence-electron chi connectivity index (χ1n) is 13.5. The lowest BCUT2D eigenvalue weighted by molar-refractivity contribution is -0.138. The Bertz CT molecular complexity index is 1610. The number of hydroxylamine groups is 2. The van der Waals surface area contributed by atoms with Crippen LogP contribution >= 0.6 is 0 Å². The number of aliphatic hydroxyl groups excluding tert-OH is 2. The molecule has 0 saturated heterocycles. The fraction of sp³-hybridized carbons (Fsp3) is 0.379. The second-order valence-electron chi connectivity index (χ2n) is 11.1. The van der Waals surface area contributed by atoms with E-state index in [9.17, 15) is 34.5 Å². The molecule has 5 rings (SSSR count). The second kappa shape index (κ2) is 12.1. The van der Waals surface area contributed by atoms with Crippen LogP contribution < -0.4 is 11.1 Å². The van der Waals surface area contributed by atoms with E-state index in [0.29, 0.717) is 16.7 Å². The predicted molar refractivity (Wildman–Crippen MR) is 160 cm³/mol. The predicted octanol–water partition coefficient (Wildman–Crippen LogP) is 0.405. The molecule has 4 atom stereocenters. The summed E-state index contributed by atoms with van der Waals surface area (Å²) in [6.45, 7) is -0.0410. The Kier molecular flexibility index (Phi) is 8.88. The van der Waals surface area contributed by atoms with Gasteiger partial charge in [0.05, 0.1) is 24.6 Å². The van der Waals surface area contributed by atoms with Gasteiger partial charge >= 0.3 is 0 Å². The molecule has 238 valence electrons. The number of phenolic OH excluding ortho intramolecular Hbond substituents is 1. The van der Waals surface area contributed by atoms with E-state index in [-0.39, 0.29) is 56.5 Å². The average molecular weight is 615 g/mol. The number of amides is 2. The van der Waals surface area contributed by atoms with Crippen LogP contribution in [0.5, 0.6) is 5.75 Å². The molecule has 1 aromatic heterocycles. The Hall–Kier alpha value is -4.70. The van der Waals surface area contributed by atoms with Crippen LogP contribution in [0.25, 0.3) is 16.9 Å². The molecule has 44 heavy (non-hydrogen) atoms. The van der Waals surface area contributed by atoms with Gasteiger partial charge in [0.2, 0.25) is 11.9 Å². The molecule has 3 aliphatic carbocycles. The van der Waals surface area contributed by atoms with E-state index in [2.05, 4.69) is 15.3 Å². The number of nitrogens with one attached hydrogen (secondary N) is 1. The third kappa shape index (κ3) is 5.30. The van der Waals surface area contributed by atoms with Crippen LogP contribution in [-0.2, 0) is 30.4 Å². The van der Waals surface area contributed by atoms with Gasteiger partial charge in [-0.25, -0.2) is 9.97 Å². The smallest absolute Gasteiger partial charge is 0.255 e. The van der Waals surface area contributed by atoms with Gasteiger partial charge in [-0.15, -0.1) is 0 Å². The highest BCUT2D eigenvalue weighted by Gasteiger charge is 2.55. The number of allylic oxidation sites excluding steroid dienone is 1. The number of phenols is 1. The Morgan fingerprint density at radius 3 is 2.36 bits per heavy atom. The molecule has 0 aliphatic heterocycles. The molecule has 1 saturated carbocycles. The Labute approximate surface area is 254 Å². The summed E-state index contributed by atoms with van der Waals surface area (Å²) in [4.78, 5) is 66.5. The van der Waals surface area contributed by atoms with E-state index in [1.165, 1.54) is 30.6 Å². The fourth-order valence-electron chi connectivity index (χ4n) is 6.50. The van der Waals surface area contributed by atoms with Gasteiger partial charge in [0.25, 0.3) is 5.91 Å². The number of ketones is 2. The number of aromatic hydroxyl groups is 1. The minimum Gasteiger partial charge on any atom is -0.510 e. The van der Waals surface area contributed by atoms with Gasteiger partial charge in [0, 0.05) is 33.4 Å². The van der Waals surface area contributed by atoms with Crippen molar-refractivity contribution < 1.29 is 47.7 Å². The fourth-order valence-corrected chi connectivity index (χ4v) is 6.50. The summed E-state index contributed by atoms with van der Waals surface area (Å²) in [5.74, 6) is -6.75. The molecule has 1 fully saturated rings. The topological polar surface area (TPSA) is 240 Å². The third-order valence-corrected chi connectivity index (χ3v) is 8.34. The van der Waals surface area contributed by atoms with Gasteiger partial charge in [-0.3, -0.25) is 29.4 Å². The number of primary amides is 1. The lowest BCUT2D eigenvalue weighted by atomic mass is 9.59. The van der Waals surface area contributed by atoms with Crippen molar-refractivity contribution in [3.05, 3.63) is 52.6 Å². The summed E-state index contributed by atoms with van der Waals surface area (Å²) in [6, 6.07) is 2.19. The Morgan fingerprint density at radius 2 is 1.77 bits per heavy atom. The van der Waals surface area contributed by atoms with Crippen molar-refractivity contribution in [1.82, 2.24) is 19.9 Å². The molecule has 2 amide bonds. The number of rotatable bonds is 7. The number of carbonyl (C=O) groups is 4. The zero-order valence-electron chi connectivity index (χ0n) is 24.5. The maximum absolute atomic E-state index is 13.9. The summed E-state index contributed by atoms with van der Waals surface area (Å²) in [6.07, 6.45) is 3.43. The molecule has 15 heteroatoms. The first-order valence-corrected chi connectivity index (χ1v) is 13.5. The number of benzene rings is 1. The highest BCUT2D eigenvalue weighted by atomic mass is 16.7. The van der Waals surface area contributed by atoms with Crippen LogP contribution in [0.15, 0.2) is 41.4 Å². The second-order valence-corrected chi connectivity index (χ2v) is 11.1. The standard InChI is InChI=1S/C29H32N6O8.H2O.2H2/c1-34(2)23-16-8-12-7-15-14(13-9-31-29(32-10-13)33-18(37)11-35(3)43-4)5-6-17(36)20(15)24(38)19(12)25(39)21(16)26(40)22(27(23)41)28(30)42;;;/h5-6,9-10,12,16,21,23,36,38,41H,7-8,11H2,1-4H3,(H2,30,42)(H,31,32,33,37);1H2;2*1H/t12?,16?,21?,23-;;;/m1.../s1. The van der Waals surface area contributed by atoms with E-state index in [1.54, 1.807) is 32.1 Å². The average Bonchev–Trinajstić information content (AvgIpc) is 2.92. The van der Waals surface area contributed by atoms with E-state index in [1.807, 2.05) is 0 Å². The number of hydrogen-bond acceptors (Lipinski definition) is 12. The summed E-state index contributed by atoms with van der Waals surface area (Å²) >= 11 is 0. The molecule has 3 unspecified atom stereocenters. The summed E-state index contributed by atoms with van der Waals surface area (Å²) in [5.41, 5.74) is 6.51. The molecule has 1 heterocycles. The summed E-state index contributed by atoms with van der Waals surface area (Å²) in [7, 11) is 6.35. The minimum absolute atomic E-state index is 0. The van der Waals surface area contributed by atoms with Crippen molar-refractivity contribution in [3.63, 3.8) is 0 Å². The number of anilines is 1. The number of nitrogens with two attached hydrogens (primary N) is 1. The Balaban J connectivity index is 0.00000245. The summed E-state index contributed by atoms with van der Waals surface area (Å²) < 4.78 is 0. The van der Waals surface area contributed by atoms with Crippen LogP contribution in [0.4, 0.5) is 5.95 Å². The lowest BCUT2D eigenvalue weighted by Gasteiger charge is -2.46. The highest BCUT2D eigenvalue weighted by Crippen LogP contribution is 2.51.